The number of aliphatic hydroxyl groups is 2. The molecule has 0 unspecified atom stereocenters. The lowest BCUT2D eigenvalue weighted by molar-refractivity contribution is -0.307. The maximum Gasteiger partial charge on any atom is 0.185 e. The molecule has 1 aliphatic rings. The molecule has 0 aliphatic carbocycles. The van der Waals surface area contributed by atoms with Crippen molar-refractivity contribution in [3.05, 3.63) is 0 Å². The van der Waals surface area contributed by atoms with E-state index in [2.05, 4.69) is 58.9 Å². The van der Waals surface area contributed by atoms with Gasteiger partial charge in [-0.1, -0.05) is 19.6 Å². The summed E-state index contributed by atoms with van der Waals surface area (Å²) in [6, 6.07) is 0. The molecule has 0 saturated carbocycles. The van der Waals surface area contributed by atoms with Crippen molar-refractivity contribution < 1.29 is 28.5 Å². The van der Waals surface area contributed by atoms with E-state index in [-0.39, 0.29) is 6.61 Å². The van der Waals surface area contributed by atoms with Crippen LogP contribution in [0.4, 0.5) is 0 Å². The van der Waals surface area contributed by atoms with Crippen molar-refractivity contribution in [2.45, 2.75) is 88.7 Å². The number of ether oxygens (including phenoxy) is 2. The summed E-state index contributed by atoms with van der Waals surface area (Å²) in [5, 5.41) is 20.5. The van der Waals surface area contributed by atoms with Crippen LogP contribution >= 0.6 is 0 Å². The number of methoxy groups -OCH3 is 1. The topological polar surface area (TPSA) is 77.4 Å². The zero-order chi connectivity index (χ0) is 19.8. The molecule has 5 atom stereocenters. The molecule has 2 N–H and O–H groups in total. The Balaban J connectivity index is 3.49. The minimum Gasteiger partial charge on any atom is -0.409 e. The van der Waals surface area contributed by atoms with Crippen LogP contribution < -0.4 is 0 Å². The molecule has 0 bridgehead atoms. The highest BCUT2D eigenvalue weighted by Crippen LogP contribution is 2.42. The summed E-state index contributed by atoms with van der Waals surface area (Å²) < 4.78 is 24.4. The normalized spacial score (nSPS) is 35.0. The van der Waals surface area contributed by atoms with Crippen molar-refractivity contribution in [3.63, 3.8) is 0 Å². The van der Waals surface area contributed by atoms with E-state index in [4.69, 9.17) is 18.3 Å². The van der Waals surface area contributed by atoms with E-state index in [1.807, 2.05) is 0 Å². The minimum atomic E-state index is -2.23. The van der Waals surface area contributed by atoms with Crippen LogP contribution in [0.5, 0.6) is 0 Å². The van der Waals surface area contributed by atoms with Crippen molar-refractivity contribution >= 4 is 24.7 Å². The van der Waals surface area contributed by atoms with Crippen molar-refractivity contribution in [1.29, 1.82) is 0 Å². The minimum absolute atomic E-state index is 0.206. The van der Waals surface area contributed by atoms with Gasteiger partial charge in [-0.2, -0.15) is 0 Å². The Morgan fingerprint density at radius 3 is 1.72 bits per heavy atom. The molecule has 0 spiro atoms. The van der Waals surface area contributed by atoms with E-state index in [1.165, 1.54) is 7.11 Å². The van der Waals surface area contributed by atoms with Crippen LogP contribution in [-0.2, 0) is 18.3 Å². The third-order valence-corrected chi connectivity index (χ3v) is 9.19. The Morgan fingerprint density at radius 1 is 0.920 bits per heavy atom. The maximum absolute atomic E-state index is 11.8. The maximum atomic E-state index is 11.8. The van der Waals surface area contributed by atoms with E-state index in [1.54, 1.807) is 0 Å². The van der Waals surface area contributed by atoms with Crippen LogP contribution in [0, 0.1) is 0 Å². The fourth-order valence-corrected chi connectivity index (χ4v) is 7.42. The van der Waals surface area contributed by atoms with E-state index < -0.39 is 54.5 Å². The zero-order valence-corrected chi connectivity index (χ0v) is 20.5. The molecule has 1 fully saturated rings. The predicted molar refractivity (Wildman–Crippen MR) is 107 cm³/mol. The molecule has 1 aliphatic heterocycles. The van der Waals surface area contributed by atoms with Gasteiger partial charge < -0.3 is 28.5 Å². The van der Waals surface area contributed by atoms with Crippen molar-refractivity contribution in [2.24, 2.45) is 0 Å². The SMILES string of the molecule is CO[C@H]1O[C@H](CO)[C@@H](O[Si](C)(C)C)[C@H](O[Si](C)(C)C)[C@]1(O)[Si](C)(C)C. The Labute approximate surface area is 156 Å². The lowest BCUT2D eigenvalue weighted by Crippen LogP contribution is -2.77. The molecule has 1 heterocycles. The molecule has 1 saturated heterocycles. The highest BCUT2D eigenvalue weighted by molar-refractivity contribution is 6.79. The van der Waals surface area contributed by atoms with Crippen LogP contribution in [0.2, 0.25) is 58.9 Å². The van der Waals surface area contributed by atoms with Gasteiger partial charge in [-0.25, -0.2) is 0 Å². The van der Waals surface area contributed by atoms with Crippen LogP contribution in [0.25, 0.3) is 0 Å². The van der Waals surface area contributed by atoms with Crippen LogP contribution in [0.15, 0.2) is 0 Å². The molecule has 6 nitrogen and oxygen atoms in total. The molecule has 0 amide bonds. The molecule has 0 radical (unpaired) electrons. The second-order valence-electron chi connectivity index (χ2n) is 9.85. The van der Waals surface area contributed by atoms with Gasteiger partial charge in [0.25, 0.3) is 0 Å². The molecule has 0 aromatic rings. The summed E-state index contributed by atoms with van der Waals surface area (Å²) in [6.45, 7) is 18.6. The number of hydrogen-bond acceptors (Lipinski definition) is 6. The Hall–Kier alpha value is 0.411. The molecular weight excluding hydrogens is 372 g/mol. The molecule has 0 aromatic carbocycles. The molecule has 1 rings (SSSR count). The summed E-state index contributed by atoms with van der Waals surface area (Å²) in [6.07, 6.45) is -2.55. The number of rotatable bonds is 7. The van der Waals surface area contributed by atoms with Crippen molar-refractivity contribution in [1.82, 2.24) is 0 Å². The van der Waals surface area contributed by atoms with Gasteiger partial charge in [0, 0.05) is 7.11 Å². The smallest absolute Gasteiger partial charge is 0.185 e. The average Bonchev–Trinajstić information content (AvgIpc) is 2.39. The van der Waals surface area contributed by atoms with Crippen molar-refractivity contribution in [3.8, 4) is 0 Å². The first-order valence-electron chi connectivity index (χ1n) is 8.94. The summed E-state index contributed by atoms with van der Waals surface area (Å²) in [5.74, 6) is 0. The standard InChI is InChI=1S/C16H38O6Si3/c1-19-15-16(18,23(2,3)4)14(22-25(8,9)10)13(12(11-17)20-15)21-24(5,6)7/h12-15,17-18H,11H2,1-10H3/t12-,13-,14+,15+,16+/m1/s1. The first-order chi connectivity index (χ1) is 11.1. The fourth-order valence-electron chi connectivity index (χ4n) is 3.17. The Morgan fingerprint density at radius 2 is 1.40 bits per heavy atom. The lowest BCUT2D eigenvalue weighted by Gasteiger charge is -2.57. The van der Waals surface area contributed by atoms with Crippen LogP contribution in [0.1, 0.15) is 0 Å². The highest BCUT2D eigenvalue weighted by atomic mass is 28.4. The van der Waals surface area contributed by atoms with E-state index in [9.17, 15) is 10.2 Å². The quantitative estimate of drug-likeness (QED) is 0.628. The average molecular weight is 411 g/mol. The van der Waals surface area contributed by atoms with E-state index in [0.717, 1.165) is 0 Å². The number of hydrogen-bond donors (Lipinski definition) is 2. The first-order valence-corrected chi connectivity index (χ1v) is 19.3. The zero-order valence-electron chi connectivity index (χ0n) is 17.5. The van der Waals surface area contributed by atoms with Gasteiger partial charge in [0.2, 0.25) is 0 Å². The van der Waals surface area contributed by atoms with Gasteiger partial charge >= 0.3 is 0 Å². The van der Waals surface area contributed by atoms with E-state index in [0.29, 0.717) is 0 Å². The van der Waals surface area contributed by atoms with Crippen LogP contribution in [0.3, 0.4) is 0 Å². The van der Waals surface area contributed by atoms with Gasteiger partial charge in [-0.3, -0.25) is 0 Å². The van der Waals surface area contributed by atoms with Gasteiger partial charge in [0.15, 0.2) is 22.9 Å². The molecule has 150 valence electrons. The molecular formula is C16H38O6Si3. The Kier molecular flexibility index (Phi) is 7.32. The lowest BCUT2D eigenvalue weighted by atomic mass is 9.98. The van der Waals surface area contributed by atoms with Gasteiger partial charge in [-0.15, -0.1) is 0 Å². The Bertz CT molecular complexity index is 443. The van der Waals surface area contributed by atoms with Crippen molar-refractivity contribution in [2.75, 3.05) is 13.7 Å². The molecule has 25 heavy (non-hydrogen) atoms. The first kappa shape index (κ1) is 23.5. The van der Waals surface area contributed by atoms with Gasteiger partial charge in [0.1, 0.15) is 23.5 Å². The highest BCUT2D eigenvalue weighted by Gasteiger charge is 2.63. The summed E-state index contributed by atoms with van der Waals surface area (Å²) in [5.41, 5.74) is 0. The molecule has 9 heteroatoms. The second-order valence-corrected chi connectivity index (χ2v) is 24.1. The largest absolute Gasteiger partial charge is 0.409 e. The monoisotopic (exact) mass is 410 g/mol. The third-order valence-electron chi connectivity index (χ3n) is 4.32. The predicted octanol–water partition coefficient (Wildman–Crippen LogP) is 2.40. The van der Waals surface area contributed by atoms with E-state index >= 15 is 0 Å². The summed E-state index contributed by atoms with van der Waals surface area (Å²) in [4.78, 5) is 0. The number of aliphatic hydroxyl groups excluding tert-OH is 1. The third kappa shape index (κ3) is 5.45. The van der Waals surface area contributed by atoms with Gasteiger partial charge in [-0.05, 0) is 39.3 Å². The van der Waals surface area contributed by atoms with Gasteiger partial charge in [0.05, 0.1) is 14.7 Å². The summed E-state index contributed by atoms with van der Waals surface area (Å²) >= 11 is 0. The fraction of sp³-hybridized carbons (Fsp3) is 1.00. The second kappa shape index (κ2) is 7.80. The van der Waals surface area contributed by atoms with Crippen LogP contribution in [-0.4, -0.2) is 78.5 Å². The summed E-state index contributed by atoms with van der Waals surface area (Å²) in [7, 11) is -4.68. The molecule has 0 aromatic heterocycles.